The van der Waals surface area contributed by atoms with Gasteiger partial charge in [-0.2, -0.15) is 0 Å². The lowest BCUT2D eigenvalue weighted by molar-refractivity contribution is -0.149. The monoisotopic (exact) mass is 267 g/mol. The zero-order valence-electron chi connectivity index (χ0n) is 12.0. The molecule has 0 saturated heterocycles. The first kappa shape index (κ1) is 14.2. The van der Waals surface area contributed by atoms with Crippen LogP contribution < -0.4 is 5.32 Å². The number of nitrogens with one attached hydrogen (secondary N) is 1. The van der Waals surface area contributed by atoms with Gasteiger partial charge in [-0.25, -0.2) is 0 Å². The number of carbonyl (C=O) groups is 3. The molecule has 2 fully saturated rings. The number of fused-ring (bicyclic) bond motifs is 2. The summed E-state index contributed by atoms with van der Waals surface area (Å²) in [5.41, 5.74) is -2.53. The second-order valence-electron chi connectivity index (χ2n) is 6.27. The summed E-state index contributed by atoms with van der Waals surface area (Å²) in [6, 6.07) is 0. The van der Waals surface area contributed by atoms with Crippen molar-refractivity contribution in [3.05, 3.63) is 0 Å². The van der Waals surface area contributed by atoms with E-state index in [-0.39, 0.29) is 11.7 Å². The molecule has 0 aromatic heterocycles. The number of hydrogen-bond donors (Lipinski definition) is 1. The lowest BCUT2D eigenvalue weighted by Crippen LogP contribution is -2.51. The zero-order chi connectivity index (χ0) is 14.5. The summed E-state index contributed by atoms with van der Waals surface area (Å²) in [5, 5.41) is 2.73. The largest absolute Gasteiger partial charge is 0.383 e. The second kappa shape index (κ2) is 4.13. The van der Waals surface area contributed by atoms with Crippen molar-refractivity contribution in [1.29, 1.82) is 0 Å². The van der Waals surface area contributed by atoms with E-state index in [1.807, 2.05) is 20.8 Å². The standard InChI is InChI=1S/C14H21NO4/c1-12(2)13(3)5-6-14(12,10(17)9(13)16)11(18)15-7-8-19-4/h5-8H2,1-4H3,(H,15,18). The van der Waals surface area contributed by atoms with Crippen molar-refractivity contribution < 1.29 is 19.1 Å². The molecule has 2 atom stereocenters. The Morgan fingerprint density at radius 2 is 1.84 bits per heavy atom. The normalized spacial score (nSPS) is 35.8. The van der Waals surface area contributed by atoms with Gasteiger partial charge in [0, 0.05) is 19.1 Å². The highest BCUT2D eigenvalue weighted by Crippen LogP contribution is 2.68. The zero-order valence-corrected chi connectivity index (χ0v) is 12.0. The Bertz CT molecular complexity index is 456. The van der Waals surface area contributed by atoms with E-state index in [0.717, 1.165) is 0 Å². The fraction of sp³-hybridized carbons (Fsp3) is 0.786. The number of rotatable bonds is 4. The average Bonchev–Trinajstić information content (AvgIpc) is 2.62. The van der Waals surface area contributed by atoms with E-state index >= 15 is 0 Å². The second-order valence-corrected chi connectivity index (χ2v) is 6.27. The molecule has 1 N–H and O–H groups in total. The van der Waals surface area contributed by atoms with E-state index in [1.165, 1.54) is 0 Å². The molecule has 5 heteroatoms. The van der Waals surface area contributed by atoms with Crippen LogP contribution >= 0.6 is 0 Å². The maximum Gasteiger partial charge on any atom is 0.234 e. The van der Waals surface area contributed by atoms with Gasteiger partial charge in [0.1, 0.15) is 5.41 Å². The van der Waals surface area contributed by atoms with Gasteiger partial charge < -0.3 is 10.1 Å². The molecule has 2 aliphatic rings. The van der Waals surface area contributed by atoms with Gasteiger partial charge in [-0.3, -0.25) is 14.4 Å². The molecule has 106 valence electrons. The molecule has 2 unspecified atom stereocenters. The summed E-state index contributed by atoms with van der Waals surface area (Å²) in [5.74, 6) is -1.22. The summed E-state index contributed by atoms with van der Waals surface area (Å²) in [4.78, 5) is 37.0. The number of ether oxygens (including phenoxy) is 1. The topological polar surface area (TPSA) is 72.5 Å². The van der Waals surface area contributed by atoms with Crippen LogP contribution in [0.2, 0.25) is 0 Å². The highest BCUT2D eigenvalue weighted by atomic mass is 16.5. The van der Waals surface area contributed by atoms with Crippen molar-refractivity contribution in [3.8, 4) is 0 Å². The number of ketones is 2. The molecule has 2 saturated carbocycles. The van der Waals surface area contributed by atoms with E-state index in [2.05, 4.69) is 5.32 Å². The Morgan fingerprint density at radius 3 is 2.32 bits per heavy atom. The Kier molecular flexibility index (Phi) is 3.08. The number of Topliss-reactive ketones (excluding diaryl/α,β-unsaturated/α-hetero) is 2. The lowest BCUT2D eigenvalue weighted by atomic mass is 9.64. The van der Waals surface area contributed by atoms with Crippen LogP contribution in [0.25, 0.3) is 0 Å². The average molecular weight is 267 g/mol. The van der Waals surface area contributed by atoms with Crippen molar-refractivity contribution in [1.82, 2.24) is 5.32 Å². The Balaban J connectivity index is 2.34. The Labute approximate surface area is 113 Å². The summed E-state index contributed by atoms with van der Waals surface area (Å²) in [6.45, 7) is 6.27. The molecule has 2 rings (SSSR count). The summed E-state index contributed by atoms with van der Waals surface area (Å²) in [7, 11) is 1.55. The molecule has 0 aromatic carbocycles. The third-order valence-electron chi connectivity index (χ3n) is 5.52. The highest BCUT2D eigenvalue weighted by Gasteiger charge is 2.77. The van der Waals surface area contributed by atoms with Gasteiger partial charge in [-0.15, -0.1) is 0 Å². The minimum atomic E-state index is -1.19. The molecule has 19 heavy (non-hydrogen) atoms. The van der Waals surface area contributed by atoms with Crippen LogP contribution in [0.3, 0.4) is 0 Å². The first-order chi connectivity index (χ1) is 8.75. The maximum absolute atomic E-state index is 12.5. The van der Waals surface area contributed by atoms with Crippen LogP contribution in [0.5, 0.6) is 0 Å². The third-order valence-corrected chi connectivity index (χ3v) is 5.52. The maximum atomic E-state index is 12.5. The minimum absolute atomic E-state index is 0.325. The van der Waals surface area contributed by atoms with Crippen LogP contribution in [-0.4, -0.2) is 37.7 Å². The van der Waals surface area contributed by atoms with E-state index in [9.17, 15) is 14.4 Å². The van der Waals surface area contributed by atoms with E-state index in [4.69, 9.17) is 4.74 Å². The first-order valence-electron chi connectivity index (χ1n) is 6.62. The molecular weight excluding hydrogens is 246 g/mol. The lowest BCUT2D eigenvalue weighted by Gasteiger charge is -2.37. The van der Waals surface area contributed by atoms with E-state index < -0.39 is 22.0 Å². The van der Waals surface area contributed by atoms with Crippen molar-refractivity contribution in [2.45, 2.75) is 33.6 Å². The van der Waals surface area contributed by atoms with Crippen molar-refractivity contribution in [2.75, 3.05) is 20.3 Å². The van der Waals surface area contributed by atoms with E-state index in [1.54, 1.807) is 7.11 Å². The van der Waals surface area contributed by atoms with Gasteiger partial charge in [0.2, 0.25) is 17.5 Å². The molecular formula is C14H21NO4. The molecule has 0 heterocycles. The van der Waals surface area contributed by atoms with Gasteiger partial charge in [-0.05, 0) is 18.3 Å². The van der Waals surface area contributed by atoms with Crippen molar-refractivity contribution >= 4 is 17.5 Å². The predicted octanol–water partition coefficient (Wildman–Crippen LogP) is 0.713. The summed E-state index contributed by atoms with van der Waals surface area (Å²) in [6.07, 6.45) is 1.06. The summed E-state index contributed by atoms with van der Waals surface area (Å²) >= 11 is 0. The van der Waals surface area contributed by atoms with E-state index in [0.29, 0.717) is 26.0 Å². The van der Waals surface area contributed by atoms with Crippen molar-refractivity contribution in [2.24, 2.45) is 16.2 Å². The van der Waals surface area contributed by atoms with Gasteiger partial charge >= 0.3 is 0 Å². The fourth-order valence-electron chi connectivity index (χ4n) is 3.69. The molecule has 0 aliphatic heterocycles. The number of hydrogen-bond acceptors (Lipinski definition) is 4. The Morgan fingerprint density at radius 1 is 1.21 bits per heavy atom. The van der Waals surface area contributed by atoms with Crippen LogP contribution in [-0.2, 0) is 19.1 Å². The SMILES string of the molecule is COCCNC(=O)C12CCC(C)(C(=O)C1=O)C2(C)C. The van der Waals surface area contributed by atoms with Crippen LogP contribution in [0.15, 0.2) is 0 Å². The fourth-order valence-corrected chi connectivity index (χ4v) is 3.69. The summed E-state index contributed by atoms with van der Waals surface area (Å²) < 4.78 is 4.89. The molecule has 0 aromatic rings. The number of methoxy groups -OCH3 is 1. The van der Waals surface area contributed by atoms with Gasteiger partial charge in [0.15, 0.2) is 0 Å². The molecule has 1 amide bonds. The Hall–Kier alpha value is -1.23. The van der Waals surface area contributed by atoms with Crippen molar-refractivity contribution in [3.63, 3.8) is 0 Å². The predicted molar refractivity (Wildman–Crippen MR) is 68.5 cm³/mol. The molecule has 2 aliphatic carbocycles. The minimum Gasteiger partial charge on any atom is -0.383 e. The van der Waals surface area contributed by atoms with Crippen LogP contribution in [0, 0.1) is 16.2 Å². The molecule has 2 bridgehead atoms. The first-order valence-corrected chi connectivity index (χ1v) is 6.62. The van der Waals surface area contributed by atoms with Crippen LogP contribution in [0.1, 0.15) is 33.6 Å². The number of carbonyl (C=O) groups excluding carboxylic acids is 3. The molecule has 0 radical (unpaired) electrons. The molecule has 5 nitrogen and oxygen atoms in total. The highest BCUT2D eigenvalue weighted by molar-refractivity contribution is 6.48. The van der Waals surface area contributed by atoms with Crippen LogP contribution in [0.4, 0.5) is 0 Å². The van der Waals surface area contributed by atoms with Gasteiger partial charge in [0.25, 0.3) is 0 Å². The third kappa shape index (κ3) is 1.42. The quantitative estimate of drug-likeness (QED) is 0.462. The molecule has 0 spiro atoms. The van der Waals surface area contributed by atoms with Gasteiger partial charge in [-0.1, -0.05) is 20.8 Å². The van der Waals surface area contributed by atoms with Gasteiger partial charge in [0.05, 0.1) is 6.61 Å². The smallest absolute Gasteiger partial charge is 0.234 e. The number of amides is 1.